The Kier molecular flexibility index (Phi) is 5.14. The SMILES string of the molecule is Fc1cncc(CNCCc2ccc(Cl)cc2Cl)c1. The first kappa shape index (κ1) is 14.3. The van der Waals surface area contributed by atoms with Gasteiger partial charge in [-0.15, -0.1) is 0 Å². The number of pyridine rings is 1. The number of hydrogen-bond donors (Lipinski definition) is 1. The van der Waals surface area contributed by atoms with E-state index in [4.69, 9.17) is 23.2 Å². The predicted octanol–water partition coefficient (Wildman–Crippen LogP) is 3.86. The zero-order valence-electron chi connectivity index (χ0n) is 10.2. The van der Waals surface area contributed by atoms with Gasteiger partial charge in [-0.25, -0.2) is 4.39 Å². The molecule has 0 saturated heterocycles. The molecule has 0 radical (unpaired) electrons. The number of hydrogen-bond acceptors (Lipinski definition) is 2. The monoisotopic (exact) mass is 298 g/mol. The third kappa shape index (κ3) is 4.46. The molecular weight excluding hydrogens is 286 g/mol. The van der Waals surface area contributed by atoms with Crippen LogP contribution in [-0.2, 0) is 13.0 Å². The number of rotatable bonds is 5. The molecule has 1 aromatic carbocycles. The second kappa shape index (κ2) is 6.85. The summed E-state index contributed by atoms with van der Waals surface area (Å²) in [5, 5.41) is 4.52. The summed E-state index contributed by atoms with van der Waals surface area (Å²) in [6, 6.07) is 6.93. The third-order valence-electron chi connectivity index (χ3n) is 2.68. The topological polar surface area (TPSA) is 24.9 Å². The molecule has 100 valence electrons. The van der Waals surface area contributed by atoms with Gasteiger partial charge in [0.2, 0.25) is 0 Å². The first-order valence-electron chi connectivity index (χ1n) is 5.89. The number of aromatic nitrogens is 1. The summed E-state index contributed by atoms with van der Waals surface area (Å²) in [5.74, 6) is -0.319. The van der Waals surface area contributed by atoms with Crippen LogP contribution in [0.25, 0.3) is 0 Å². The highest BCUT2D eigenvalue weighted by Gasteiger charge is 2.01. The summed E-state index contributed by atoms with van der Waals surface area (Å²) in [5.41, 5.74) is 1.86. The lowest BCUT2D eigenvalue weighted by atomic mass is 10.1. The average Bonchev–Trinajstić information content (AvgIpc) is 2.37. The van der Waals surface area contributed by atoms with E-state index < -0.39 is 0 Å². The van der Waals surface area contributed by atoms with Crippen molar-refractivity contribution in [2.24, 2.45) is 0 Å². The molecule has 0 amide bonds. The van der Waals surface area contributed by atoms with Gasteiger partial charge in [0.05, 0.1) is 6.20 Å². The first-order valence-corrected chi connectivity index (χ1v) is 6.65. The van der Waals surface area contributed by atoms with Crippen LogP contribution in [0.2, 0.25) is 10.0 Å². The Balaban J connectivity index is 1.81. The van der Waals surface area contributed by atoms with Crippen molar-refractivity contribution in [2.75, 3.05) is 6.54 Å². The fourth-order valence-corrected chi connectivity index (χ4v) is 2.24. The highest BCUT2D eigenvalue weighted by Crippen LogP contribution is 2.21. The van der Waals surface area contributed by atoms with E-state index in [0.717, 1.165) is 24.1 Å². The van der Waals surface area contributed by atoms with Crippen LogP contribution in [0.15, 0.2) is 36.7 Å². The molecule has 2 nitrogen and oxygen atoms in total. The van der Waals surface area contributed by atoms with Gasteiger partial charge in [-0.05, 0) is 42.3 Å². The minimum atomic E-state index is -0.319. The maximum Gasteiger partial charge on any atom is 0.141 e. The molecule has 0 fully saturated rings. The molecule has 19 heavy (non-hydrogen) atoms. The van der Waals surface area contributed by atoms with E-state index in [2.05, 4.69) is 10.3 Å². The van der Waals surface area contributed by atoms with Gasteiger partial charge in [0.1, 0.15) is 5.82 Å². The lowest BCUT2D eigenvalue weighted by Gasteiger charge is -2.07. The highest BCUT2D eigenvalue weighted by atomic mass is 35.5. The summed E-state index contributed by atoms with van der Waals surface area (Å²) >= 11 is 11.9. The van der Waals surface area contributed by atoms with Crippen LogP contribution in [0.3, 0.4) is 0 Å². The van der Waals surface area contributed by atoms with E-state index in [-0.39, 0.29) is 5.82 Å². The van der Waals surface area contributed by atoms with E-state index in [9.17, 15) is 4.39 Å². The molecular formula is C14H13Cl2FN2. The summed E-state index contributed by atoms with van der Waals surface area (Å²) in [6.45, 7) is 1.33. The molecule has 1 N–H and O–H groups in total. The van der Waals surface area contributed by atoms with Gasteiger partial charge in [-0.3, -0.25) is 4.98 Å². The van der Waals surface area contributed by atoms with Crippen LogP contribution in [0, 0.1) is 5.82 Å². The predicted molar refractivity (Wildman–Crippen MR) is 76.1 cm³/mol. The van der Waals surface area contributed by atoms with Gasteiger partial charge in [0.15, 0.2) is 0 Å². The Labute approximate surface area is 121 Å². The maximum absolute atomic E-state index is 12.9. The van der Waals surface area contributed by atoms with Gasteiger partial charge >= 0.3 is 0 Å². The van der Waals surface area contributed by atoms with Crippen molar-refractivity contribution < 1.29 is 4.39 Å². The minimum Gasteiger partial charge on any atom is -0.312 e. The number of halogens is 3. The van der Waals surface area contributed by atoms with Gasteiger partial charge < -0.3 is 5.32 Å². The summed E-state index contributed by atoms with van der Waals surface area (Å²) in [7, 11) is 0. The van der Waals surface area contributed by atoms with Crippen molar-refractivity contribution in [3.63, 3.8) is 0 Å². The molecule has 0 aliphatic carbocycles. The molecule has 2 aromatic rings. The summed E-state index contributed by atoms with van der Waals surface area (Å²) in [4.78, 5) is 3.79. The van der Waals surface area contributed by atoms with Gasteiger partial charge in [-0.2, -0.15) is 0 Å². The van der Waals surface area contributed by atoms with Crippen molar-refractivity contribution in [1.29, 1.82) is 0 Å². The Morgan fingerprint density at radius 1 is 1.16 bits per heavy atom. The molecule has 2 rings (SSSR count). The van der Waals surface area contributed by atoms with Crippen molar-refractivity contribution in [2.45, 2.75) is 13.0 Å². The van der Waals surface area contributed by atoms with E-state index in [1.165, 1.54) is 12.3 Å². The zero-order chi connectivity index (χ0) is 13.7. The fraction of sp³-hybridized carbons (Fsp3) is 0.214. The Morgan fingerprint density at radius 3 is 2.74 bits per heavy atom. The van der Waals surface area contributed by atoms with E-state index in [1.807, 2.05) is 12.1 Å². The second-order valence-electron chi connectivity index (χ2n) is 4.17. The van der Waals surface area contributed by atoms with Crippen LogP contribution < -0.4 is 5.32 Å². The van der Waals surface area contributed by atoms with Gasteiger partial charge in [-0.1, -0.05) is 29.3 Å². The maximum atomic E-state index is 12.9. The molecule has 5 heteroatoms. The smallest absolute Gasteiger partial charge is 0.141 e. The standard InChI is InChI=1S/C14H13Cl2FN2/c15-12-2-1-11(14(16)6-12)3-4-18-7-10-5-13(17)9-19-8-10/h1-2,5-6,8-9,18H,3-4,7H2. The molecule has 1 heterocycles. The van der Waals surface area contributed by atoms with Crippen molar-refractivity contribution >= 4 is 23.2 Å². The van der Waals surface area contributed by atoms with Crippen LogP contribution >= 0.6 is 23.2 Å². The molecule has 0 atom stereocenters. The zero-order valence-corrected chi connectivity index (χ0v) is 11.7. The normalized spacial score (nSPS) is 10.7. The van der Waals surface area contributed by atoms with Crippen molar-refractivity contribution in [3.05, 3.63) is 63.6 Å². The number of nitrogens with one attached hydrogen (secondary N) is 1. The number of nitrogens with zero attached hydrogens (tertiary/aromatic N) is 1. The van der Waals surface area contributed by atoms with Crippen molar-refractivity contribution in [1.82, 2.24) is 10.3 Å². The van der Waals surface area contributed by atoms with E-state index in [1.54, 1.807) is 12.3 Å². The Bertz CT molecular complexity index is 561. The van der Waals surface area contributed by atoms with Crippen LogP contribution in [0.1, 0.15) is 11.1 Å². The number of benzene rings is 1. The third-order valence-corrected chi connectivity index (χ3v) is 3.26. The largest absolute Gasteiger partial charge is 0.312 e. The molecule has 0 spiro atoms. The van der Waals surface area contributed by atoms with Crippen LogP contribution in [0.5, 0.6) is 0 Å². The van der Waals surface area contributed by atoms with E-state index >= 15 is 0 Å². The Hall–Kier alpha value is -1.16. The molecule has 0 aliphatic rings. The lowest BCUT2D eigenvalue weighted by Crippen LogP contribution is -2.17. The quantitative estimate of drug-likeness (QED) is 0.848. The molecule has 0 unspecified atom stereocenters. The fourth-order valence-electron chi connectivity index (χ4n) is 1.73. The van der Waals surface area contributed by atoms with Crippen LogP contribution in [0.4, 0.5) is 4.39 Å². The van der Waals surface area contributed by atoms with Gasteiger partial charge in [0, 0.05) is 22.8 Å². The molecule has 0 saturated carbocycles. The van der Waals surface area contributed by atoms with E-state index in [0.29, 0.717) is 16.6 Å². The molecule has 0 bridgehead atoms. The Morgan fingerprint density at radius 2 is 2.00 bits per heavy atom. The first-order chi connectivity index (χ1) is 9.15. The summed E-state index contributed by atoms with van der Waals surface area (Å²) < 4.78 is 12.9. The average molecular weight is 299 g/mol. The van der Waals surface area contributed by atoms with Gasteiger partial charge in [0.25, 0.3) is 0 Å². The second-order valence-corrected chi connectivity index (χ2v) is 5.02. The molecule has 0 aliphatic heterocycles. The lowest BCUT2D eigenvalue weighted by molar-refractivity contribution is 0.612. The summed E-state index contributed by atoms with van der Waals surface area (Å²) in [6.07, 6.45) is 3.63. The van der Waals surface area contributed by atoms with Crippen molar-refractivity contribution in [3.8, 4) is 0 Å². The molecule has 1 aromatic heterocycles. The minimum absolute atomic E-state index is 0.319. The highest BCUT2D eigenvalue weighted by molar-refractivity contribution is 6.35. The van der Waals surface area contributed by atoms with Crippen LogP contribution in [-0.4, -0.2) is 11.5 Å².